The van der Waals surface area contributed by atoms with Crippen molar-refractivity contribution in [1.29, 1.82) is 0 Å². The summed E-state index contributed by atoms with van der Waals surface area (Å²) in [5, 5.41) is 8.12. The van der Waals surface area contributed by atoms with Crippen LogP contribution in [0.3, 0.4) is 0 Å². The Kier molecular flexibility index (Phi) is 3.04. The van der Waals surface area contributed by atoms with E-state index in [1.165, 1.54) is 10.9 Å². The summed E-state index contributed by atoms with van der Waals surface area (Å²) in [6, 6.07) is 12.8. The largest absolute Gasteiger partial charge is 0.462 e. The van der Waals surface area contributed by atoms with E-state index in [1.54, 1.807) is 19.2 Å². The lowest BCUT2D eigenvalue weighted by Crippen LogP contribution is -2.31. The van der Waals surface area contributed by atoms with Crippen molar-refractivity contribution in [3.05, 3.63) is 59.1 Å². The number of nitrogens with one attached hydrogen (secondary N) is 1. The van der Waals surface area contributed by atoms with Crippen LogP contribution in [-0.2, 0) is 0 Å². The van der Waals surface area contributed by atoms with E-state index in [1.807, 2.05) is 30.3 Å². The van der Waals surface area contributed by atoms with Crippen molar-refractivity contribution in [1.82, 2.24) is 14.9 Å². The minimum absolute atomic E-state index is 0.170. The molecule has 6 nitrogen and oxygen atoms in total. The average molecular weight is 268 g/mol. The molecule has 0 amide bonds. The van der Waals surface area contributed by atoms with Crippen molar-refractivity contribution >= 4 is 0 Å². The molecule has 0 aliphatic heterocycles. The molecule has 100 valence electrons. The summed E-state index contributed by atoms with van der Waals surface area (Å²) < 4.78 is 6.55. The number of furan rings is 1. The predicted molar refractivity (Wildman–Crippen MR) is 74.7 cm³/mol. The van der Waals surface area contributed by atoms with E-state index < -0.39 is 0 Å². The van der Waals surface area contributed by atoms with Crippen molar-refractivity contribution in [2.24, 2.45) is 0 Å². The van der Waals surface area contributed by atoms with E-state index >= 15 is 0 Å². The summed E-state index contributed by atoms with van der Waals surface area (Å²) in [6.45, 7) is 0. The maximum Gasteiger partial charge on any atom is 0.302 e. The predicted octanol–water partition coefficient (Wildman–Crippen LogP) is 1.74. The van der Waals surface area contributed by atoms with E-state index in [4.69, 9.17) is 4.42 Å². The van der Waals surface area contributed by atoms with Crippen LogP contribution in [0.5, 0.6) is 0 Å². The number of hydrogen-bond donors (Lipinski definition) is 1. The fraction of sp³-hybridized carbons (Fsp3) is 0.0714. The van der Waals surface area contributed by atoms with Crippen molar-refractivity contribution in [3.63, 3.8) is 0 Å². The molecule has 0 spiro atoms. The Hall–Kier alpha value is -2.89. The number of nitrogens with zero attached hydrogens (tertiary/aromatic N) is 3. The second-order valence-electron chi connectivity index (χ2n) is 4.08. The molecule has 2 heterocycles. The van der Waals surface area contributed by atoms with Crippen molar-refractivity contribution in [2.75, 3.05) is 12.5 Å². The fourth-order valence-corrected chi connectivity index (χ4v) is 1.94. The van der Waals surface area contributed by atoms with E-state index in [0.717, 1.165) is 5.56 Å². The smallest absolute Gasteiger partial charge is 0.302 e. The second kappa shape index (κ2) is 5.00. The van der Waals surface area contributed by atoms with Gasteiger partial charge in [-0.2, -0.15) is 0 Å². The minimum Gasteiger partial charge on any atom is -0.462 e. The van der Waals surface area contributed by atoms with Crippen LogP contribution in [0.15, 0.2) is 57.9 Å². The van der Waals surface area contributed by atoms with Gasteiger partial charge in [0, 0.05) is 12.6 Å². The third-order valence-corrected chi connectivity index (χ3v) is 2.87. The Morgan fingerprint density at radius 1 is 1.10 bits per heavy atom. The number of hydrogen-bond acceptors (Lipinski definition) is 5. The van der Waals surface area contributed by atoms with Gasteiger partial charge in [0.2, 0.25) is 0 Å². The molecule has 0 radical (unpaired) electrons. The first-order chi connectivity index (χ1) is 9.81. The van der Waals surface area contributed by atoms with Gasteiger partial charge in [0.1, 0.15) is 0 Å². The van der Waals surface area contributed by atoms with Gasteiger partial charge in [0.15, 0.2) is 17.3 Å². The molecule has 0 fully saturated rings. The van der Waals surface area contributed by atoms with Crippen LogP contribution < -0.4 is 11.0 Å². The Morgan fingerprint density at radius 3 is 2.55 bits per heavy atom. The van der Waals surface area contributed by atoms with Gasteiger partial charge in [-0.15, -0.1) is 10.2 Å². The molecule has 0 aliphatic carbocycles. The molecule has 3 rings (SSSR count). The average Bonchev–Trinajstić information content (AvgIpc) is 3.02. The first kappa shape index (κ1) is 12.2. The molecule has 0 saturated carbocycles. The second-order valence-corrected chi connectivity index (χ2v) is 4.08. The maximum absolute atomic E-state index is 12.4. The highest BCUT2D eigenvalue weighted by Gasteiger charge is 2.15. The third kappa shape index (κ3) is 1.97. The third-order valence-electron chi connectivity index (χ3n) is 2.87. The highest BCUT2D eigenvalue weighted by Crippen LogP contribution is 2.16. The topological polar surface area (TPSA) is 73.0 Å². The van der Waals surface area contributed by atoms with Crippen LogP contribution in [0.2, 0.25) is 0 Å². The minimum atomic E-state index is -0.309. The lowest BCUT2D eigenvalue weighted by atomic mass is 10.2. The van der Waals surface area contributed by atoms with Gasteiger partial charge in [0.05, 0.1) is 6.26 Å². The van der Waals surface area contributed by atoms with Gasteiger partial charge in [0.25, 0.3) is 0 Å². The Morgan fingerprint density at radius 2 is 1.90 bits per heavy atom. The summed E-state index contributed by atoms with van der Waals surface area (Å²) in [7, 11) is 1.65. The monoisotopic (exact) mass is 268 g/mol. The molecule has 0 aliphatic rings. The van der Waals surface area contributed by atoms with Crippen molar-refractivity contribution in [3.8, 4) is 22.8 Å². The van der Waals surface area contributed by atoms with Gasteiger partial charge >= 0.3 is 5.56 Å². The normalized spacial score (nSPS) is 10.4. The molecule has 6 heteroatoms. The van der Waals surface area contributed by atoms with Gasteiger partial charge in [-0.1, -0.05) is 30.3 Å². The van der Waals surface area contributed by atoms with Gasteiger partial charge in [-0.3, -0.25) is 4.79 Å². The number of aromatic nitrogens is 3. The molecule has 2 aromatic heterocycles. The summed E-state index contributed by atoms with van der Waals surface area (Å²) in [5.41, 5.74) is 3.49. The van der Waals surface area contributed by atoms with Crippen LogP contribution in [0.1, 0.15) is 0 Å². The lowest BCUT2D eigenvalue weighted by Gasteiger charge is -2.10. The van der Waals surface area contributed by atoms with Crippen molar-refractivity contribution in [2.45, 2.75) is 0 Å². The summed E-state index contributed by atoms with van der Waals surface area (Å²) in [6.07, 6.45) is 1.49. The zero-order valence-electron chi connectivity index (χ0n) is 10.8. The van der Waals surface area contributed by atoms with Gasteiger partial charge in [-0.25, -0.2) is 4.68 Å². The van der Waals surface area contributed by atoms with E-state index in [9.17, 15) is 4.79 Å². The molecule has 1 aromatic carbocycles. The summed E-state index contributed by atoms with van der Waals surface area (Å²) in [4.78, 5) is 12.4. The van der Waals surface area contributed by atoms with Gasteiger partial charge in [-0.05, 0) is 12.1 Å². The molecule has 0 bridgehead atoms. The molecular formula is C14H12N4O2. The fourth-order valence-electron chi connectivity index (χ4n) is 1.94. The number of rotatable bonds is 3. The van der Waals surface area contributed by atoms with Crippen molar-refractivity contribution < 1.29 is 4.42 Å². The first-order valence-electron chi connectivity index (χ1n) is 6.08. The Bertz CT molecular complexity index is 764. The Balaban J connectivity index is 2.20. The molecule has 0 saturated heterocycles. The summed E-state index contributed by atoms with van der Waals surface area (Å²) >= 11 is 0. The highest BCUT2D eigenvalue weighted by atomic mass is 16.3. The maximum atomic E-state index is 12.4. The zero-order valence-corrected chi connectivity index (χ0v) is 10.8. The molecular weight excluding hydrogens is 256 g/mol. The highest BCUT2D eigenvalue weighted by molar-refractivity contribution is 5.57. The molecule has 0 unspecified atom stereocenters. The molecule has 20 heavy (non-hydrogen) atoms. The summed E-state index contributed by atoms with van der Waals surface area (Å²) in [5.74, 6) is 0.847. The standard InChI is InChI=1S/C14H12N4O2/c1-15-18-13(10-6-3-2-4-7-10)17-16-12(14(18)19)11-8-5-9-20-11/h2-9,15H,1H3. The van der Waals surface area contributed by atoms with Crippen LogP contribution in [0.25, 0.3) is 22.8 Å². The van der Waals surface area contributed by atoms with Crippen LogP contribution >= 0.6 is 0 Å². The Labute approximate surface area is 114 Å². The van der Waals surface area contributed by atoms with E-state index in [-0.39, 0.29) is 11.3 Å². The lowest BCUT2D eigenvalue weighted by molar-refractivity contribution is 0.575. The van der Waals surface area contributed by atoms with E-state index in [0.29, 0.717) is 11.6 Å². The van der Waals surface area contributed by atoms with E-state index in [2.05, 4.69) is 15.6 Å². The van der Waals surface area contributed by atoms with Crippen LogP contribution in [0.4, 0.5) is 0 Å². The molecule has 0 atom stereocenters. The van der Waals surface area contributed by atoms with Crippen LogP contribution in [-0.4, -0.2) is 21.9 Å². The number of benzene rings is 1. The van der Waals surface area contributed by atoms with Crippen LogP contribution in [0, 0.1) is 0 Å². The molecule has 1 N–H and O–H groups in total. The first-order valence-corrected chi connectivity index (χ1v) is 6.08. The SMILES string of the molecule is CNn1c(-c2ccccc2)nnc(-c2ccco2)c1=O. The zero-order chi connectivity index (χ0) is 13.9. The molecule has 3 aromatic rings. The quantitative estimate of drug-likeness (QED) is 0.783. The van der Waals surface area contributed by atoms with Gasteiger partial charge < -0.3 is 9.84 Å².